The number of nitrogens with zero attached hydrogens (tertiary/aromatic N) is 2. The van der Waals surface area contributed by atoms with Gasteiger partial charge in [-0.3, -0.25) is 4.79 Å². The van der Waals surface area contributed by atoms with E-state index >= 15 is 0 Å². The molecule has 1 aromatic carbocycles. The molecule has 0 aliphatic rings. The Labute approximate surface area is 126 Å². The first-order valence-electron chi connectivity index (χ1n) is 7.15. The number of benzene rings is 1. The number of pyridine rings is 1. The number of carbonyl (C=O) groups excluding carboxylic acids is 1. The van der Waals surface area contributed by atoms with E-state index in [1.54, 1.807) is 4.90 Å². The second-order valence-electron chi connectivity index (χ2n) is 6.54. The SMILES string of the molecule is CNc1cc(C(=O)N(C)CC(C)(C)C)nc2ccccc12. The van der Waals surface area contributed by atoms with E-state index in [9.17, 15) is 4.79 Å². The van der Waals surface area contributed by atoms with E-state index in [0.717, 1.165) is 16.6 Å². The van der Waals surface area contributed by atoms with Gasteiger partial charge in [0.25, 0.3) is 5.91 Å². The Morgan fingerprint density at radius 2 is 1.95 bits per heavy atom. The summed E-state index contributed by atoms with van der Waals surface area (Å²) in [4.78, 5) is 18.8. The Hall–Kier alpha value is -2.10. The third-order valence-corrected chi connectivity index (χ3v) is 3.26. The van der Waals surface area contributed by atoms with Crippen molar-refractivity contribution < 1.29 is 4.79 Å². The summed E-state index contributed by atoms with van der Waals surface area (Å²) in [6, 6.07) is 9.65. The molecule has 1 N–H and O–H groups in total. The zero-order valence-corrected chi connectivity index (χ0v) is 13.4. The van der Waals surface area contributed by atoms with Crippen LogP contribution in [0.25, 0.3) is 10.9 Å². The lowest BCUT2D eigenvalue weighted by Crippen LogP contribution is -2.35. The Balaban J connectivity index is 2.40. The highest BCUT2D eigenvalue weighted by Crippen LogP contribution is 2.23. The van der Waals surface area contributed by atoms with Crippen LogP contribution in [-0.2, 0) is 0 Å². The third kappa shape index (κ3) is 3.51. The molecule has 1 heterocycles. The van der Waals surface area contributed by atoms with E-state index < -0.39 is 0 Å². The lowest BCUT2D eigenvalue weighted by Gasteiger charge is -2.26. The Kier molecular flexibility index (Phi) is 4.16. The van der Waals surface area contributed by atoms with Gasteiger partial charge < -0.3 is 10.2 Å². The quantitative estimate of drug-likeness (QED) is 0.940. The van der Waals surface area contributed by atoms with Gasteiger partial charge in [-0.05, 0) is 17.5 Å². The van der Waals surface area contributed by atoms with Gasteiger partial charge in [-0.25, -0.2) is 4.98 Å². The van der Waals surface area contributed by atoms with E-state index in [1.165, 1.54) is 0 Å². The molecule has 0 saturated heterocycles. The van der Waals surface area contributed by atoms with E-state index in [4.69, 9.17) is 0 Å². The van der Waals surface area contributed by atoms with Crippen LogP contribution in [0.1, 0.15) is 31.3 Å². The summed E-state index contributed by atoms with van der Waals surface area (Å²) in [5.74, 6) is -0.0489. The molecule has 0 unspecified atom stereocenters. The topological polar surface area (TPSA) is 45.2 Å². The monoisotopic (exact) mass is 285 g/mol. The number of rotatable bonds is 3. The molecule has 0 aliphatic carbocycles. The van der Waals surface area contributed by atoms with Crippen LogP contribution in [0.2, 0.25) is 0 Å². The van der Waals surface area contributed by atoms with Crippen LogP contribution in [0.4, 0.5) is 5.69 Å². The van der Waals surface area contributed by atoms with E-state index in [2.05, 4.69) is 31.1 Å². The van der Waals surface area contributed by atoms with Crippen molar-refractivity contribution in [3.8, 4) is 0 Å². The average molecular weight is 285 g/mol. The number of aromatic nitrogens is 1. The molecule has 2 rings (SSSR count). The minimum Gasteiger partial charge on any atom is -0.388 e. The molecule has 112 valence electrons. The number of fused-ring (bicyclic) bond motifs is 1. The summed E-state index contributed by atoms with van der Waals surface area (Å²) < 4.78 is 0. The van der Waals surface area contributed by atoms with Crippen molar-refractivity contribution in [2.24, 2.45) is 5.41 Å². The maximum atomic E-state index is 12.6. The number of hydrogen-bond acceptors (Lipinski definition) is 3. The molecular weight excluding hydrogens is 262 g/mol. The summed E-state index contributed by atoms with van der Waals surface area (Å²) >= 11 is 0. The maximum Gasteiger partial charge on any atom is 0.272 e. The second-order valence-corrected chi connectivity index (χ2v) is 6.54. The van der Waals surface area contributed by atoms with Crippen LogP contribution in [0.15, 0.2) is 30.3 Å². The van der Waals surface area contributed by atoms with Crippen molar-refractivity contribution in [2.75, 3.05) is 26.0 Å². The Bertz CT molecular complexity index is 659. The molecule has 1 aromatic heterocycles. The normalized spacial score (nSPS) is 11.5. The summed E-state index contributed by atoms with van der Waals surface area (Å²) in [7, 11) is 3.68. The average Bonchev–Trinajstić information content (AvgIpc) is 2.43. The predicted octanol–water partition coefficient (Wildman–Crippen LogP) is 3.39. The fourth-order valence-electron chi connectivity index (χ4n) is 2.47. The largest absolute Gasteiger partial charge is 0.388 e. The molecule has 2 aromatic rings. The number of amides is 1. The zero-order valence-electron chi connectivity index (χ0n) is 13.4. The standard InChI is InChI=1S/C17H23N3O/c1-17(2,3)11-20(5)16(21)15-10-14(18-4)12-8-6-7-9-13(12)19-15/h6-10H,11H2,1-5H3,(H,18,19). The van der Waals surface area contributed by atoms with Crippen LogP contribution in [0.5, 0.6) is 0 Å². The summed E-state index contributed by atoms with van der Waals surface area (Å²) in [5.41, 5.74) is 2.29. The van der Waals surface area contributed by atoms with Crippen LogP contribution >= 0.6 is 0 Å². The maximum absolute atomic E-state index is 12.6. The lowest BCUT2D eigenvalue weighted by atomic mass is 9.96. The molecule has 0 saturated carbocycles. The fraction of sp³-hybridized carbons (Fsp3) is 0.412. The van der Waals surface area contributed by atoms with Gasteiger partial charge in [-0.15, -0.1) is 0 Å². The first-order chi connectivity index (χ1) is 9.81. The molecule has 4 nitrogen and oxygen atoms in total. The van der Waals surface area contributed by atoms with Crippen LogP contribution in [-0.4, -0.2) is 36.4 Å². The molecule has 0 radical (unpaired) electrons. The first-order valence-corrected chi connectivity index (χ1v) is 7.15. The molecule has 4 heteroatoms. The van der Waals surface area contributed by atoms with Crippen molar-refractivity contribution >= 4 is 22.5 Å². The van der Waals surface area contributed by atoms with Crippen LogP contribution < -0.4 is 5.32 Å². The van der Waals surface area contributed by atoms with Crippen LogP contribution in [0.3, 0.4) is 0 Å². The van der Waals surface area contributed by atoms with Gasteiger partial charge in [0.2, 0.25) is 0 Å². The van der Waals surface area contributed by atoms with Gasteiger partial charge in [0.1, 0.15) is 5.69 Å². The van der Waals surface area contributed by atoms with Crippen LogP contribution in [0, 0.1) is 5.41 Å². The van der Waals surface area contributed by atoms with E-state index in [1.807, 2.05) is 44.4 Å². The highest BCUT2D eigenvalue weighted by Gasteiger charge is 2.20. The van der Waals surface area contributed by atoms with E-state index in [0.29, 0.717) is 12.2 Å². The number of nitrogens with one attached hydrogen (secondary N) is 1. The predicted molar refractivity (Wildman–Crippen MR) is 87.7 cm³/mol. The minimum absolute atomic E-state index is 0.0489. The van der Waals surface area contributed by atoms with Crippen molar-refractivity contribution in [1.82, 2.24) is 9.88 Å². The summed E-state index contributed by atoms with van der Waals surface area (Å²) in [6.07, 6.45) is 0. The molecule has 0 atom stereocenters. The Morgan fingerprint density at radius 1 is 1.29 bits per heavy atom. The zero-order chi connectivity index (χ0) is 15.6. The number of carbonyl (C=O) groups is 1. The molecule has 0 spiro atoms. The van der Waals surface area contributed by atoms with E-state index in [-0.39, 0.29) is 11.3 Å². The summed E-state index contributed by atoms with van der Waals surface area (Å²) in [6.45, 7) is 7.03. The highest BCUT2D eigenvalue weighted by atomic mass is 16.2. The van der Waals surface area contributed by atoms with Gasteiger partial charge in [0, 0.05) is 31.7 Å². The highest BCUT2D eigenvalue weighted by molar-refractivity contribution is 5.99. The Morgan fingerprint density at radius 3 is 2.57 bits per heavy atom. The molecule has 0 bridgehead atoms. The van der Waals surface area contributed by atoms with Crippen molar-refractivity contribution in [3.05, 3.63) is 36.0 Å². The summed E-state index contributed by atoms with van der Waals surface area (Å²) in [5, 5.41) is 4.16. The van der Waals surface area contributed by atoms with Crippen molar-refractivity contribution in [1.29, 1.82) is 0 Å². The van der Waals surface area contributed by atoms with Gasteiger partial charge >= 0.3 is 0 Å². The molecule has 0 fully saturated rings. The fourth-order valence-corrected chi connectivity index (χ4v) is 2.47. The number of hydrogen-bond donors (Lipinski definition) is 1. The van der Waals surface area contributed by atoms with Gasteiger partial charge in [-0.2, -0.15) is 0 Å². The molecular formula is C17H23N3O. The first kappa shape index (κ1) is 15.3. The minimum atomic E-state index is -0.0489. The third-order valence-electron chi connectivity index (χ3n) is 3.26. The number of anilines is 1. The van der Waals surface area contributed by atoms with Gasteiger partial charge in [-0.1, -0.05) is 39.0 Å². The molecule has 21 heavy (non-hydrogen) atoms. The smallest absolute Gasteiger partial charge is 0.272 e. The van der Waals surface area contributed by atoms with Gasteiger partial charge in [0.05, 0.1) is 5.52 Å². The molecule has 0 aliphatic heterocycles. The van der Waals surface area contributed by atoms with Crippen molar-refractivity contribution in [2.45, 2.75) is 20.8 Å². The lowest BCUT2D eigenvalue weighted by molar-refractivity contribution is 0.0740. The van der Waals surface area contributed by atoms with Gasteiger partial charge in [0.15, 0.2) is 0 Å². The second kappa shape index (κ2) is 5.72. The molecule has 1 amide bonds. The number of para-hydroxylation sites is 1. The van der Waals surface area contributed by atoms with Crippen molar-refractivity contribution in [3.63, 3.8) is 0 Å².